The molecule has 0 saturated carbocycles. The molecule has 1 heterocycles. The van der Waals surface area contributed by atoms with Crippen molar-refractivity contribution < 1.29 is 9.18 Å². The largest absolute Gasteiger partial charge is 0.367 e. The van der Waals surface area contributed by atoms with E-state index in [4.69, 9.17) is 17.3 Å². The monoisotopic (exact) mass is 269 g/mol. The SMILES string of the molecule is Nc1ncn(CC(=O)Nc2ccc(Cl)c(F)c2)n1. The summed E-state index contributed by atoms with van der Waals surface area (Å²) in [6.07, 6.45) is 1.33. The van der Waals surface area contributed by atoms with Gasteiger partial charge >= 0.3 is 0 Å². The molecule has 0 atom stereocenters. The Morgan fingerprint density at radius 3 is 2.94 bits per heavy atom. The summed E-state index contributed by atoms with van der Waals surface area (Å²) in [5, 5.41) is 6.25. The predicted octanol–water partition coefficient (Wildman–Crippen LogP) is 1.29. The molecular weight excluding hydrogens is 261 g/mol. The molecule has 6 nitrogen and oxygen atoms in total. The fourth-order valence-corrected chi connectivity index (χ4v) is 1.42. The van der Waals surface area contributed by atoms with Crippen molar-refractivity contribution in [1.29, 1.82) is 0 Å². The van der Waals surface area contributed by atoms with Crippen molar-refractivity contribution >= 4 is 29.1 Å². The minimum atomic E-state index is -0.598. The molecule has 2 aromatic rings. The lowest BCUT2D eigenvalue weighted by atomic mass is 10.3. The molecular formula is C10H9ClFN5O. The molecule has 0 bridgehead atoms. The number of hydrogen-bond donors (Lipinski definition) is 2. The van der Waals surface area contributed by atoms with Crippen molar-refractivity contribution in [1.82, 2.24) is 14.8 Å². The number of carbonyl (C=O) groups is 1. The number of benzene rings is 1. The molecule has 1 amide bonds. The maximum atomic E-state index is 13.1. The zero-order chi connectivity index (χ0) is 13.1. The lowest BCUT2D eigenvalue weighted by Crippen LogP contribution is -2.19. The van der Waals surface area contributed by atoms with Crippen molar-refractivity contribution in [2.24, 2.45) is 0 Å². The average Bonchev–Trinajstić information content (AvgIpc) is 2.69. The first kappa shape index (κ1) is 12.3. The minimum Gasteiger partial charge on any atom is -0.367 e. The van der Waals surface area contributed by atoms with Gasteiger partial charge in [-0.15, -0.1) is 5.10 Å². The Labute approximate surface area is 107 Å². The predicted molar refractivity (Wildman–Crippen MR) is 64.5 cm³/mol. The van der Waals surface area contributed by atoms with E-state index in [1.807, 2.05) is 0 Å². The number of anilines is 2. The fraction of sp³-hybridized carbons (Fsp3) is 0.100. The van der Waals surface area contributed by atoms with Gasteiger partial charge in [0.15, 0.2) is 0 Å². The quantitative estimate of drug-likeness (QED) is 0.879. The smallest absolute Gasteiger partial charge is 0.246 e. The van der Waals surface area contributed by atoms with Gasteiger partial charge in [-0.05, 0) is 18.2 Å². The fourth-order valence-electron chi connectivity index (χ4n) is 1.31. The number of nitrogens with zero attached hydrogens (tertiary/aromatic N) is 3. The third-order valence-corrected chi connectivity index (χ3v) is 2.37. The number of amides is 1. The van der Waals surface area contributed by atoms with Gasteiger partial charge in [-0.3, -0.25) is 4.79 Å². The second-order valence-corrected chi connectivity index (χ2v) is 3.88. The second kappa shape index (κ2) is 5.01. The van der Waals surface area contributed by atoms with Crippen LogP contribution in [0, 0.1) is 5.82 Å². The maximum Gasteiger partial charge on any atom is 0.246 e. The molecule has 0 aliphatic carbocycles. The van der Waals surface area contributed by atoms with E-state index in [1.54, 1.807) is 0 Å². The molecule has 2 rings (SSSR count). The van der Waals surface area contributed by atoms with Crippen LogP contribution in [0.15, 0.2) is 24.5 Å². The van der Waals surface area contributed by atoms with Crippen LogP contribution < -0.4 is 11.1 Å². The topological polar surface area (TPSA) is 85.8 Å². The van der Waals surface area contributed by atoms with Crippen molar-refractivity contribution in [2.75, 3.05) is 11.1 Å². The zero-order valence-corrected chi connectivity index (χ0v) is 9.86. The van der Waals surface area contributed by atoms with Crippen LogP contribution in [0.1, 0.15) is 0 Å². The molecule has 3 N–H and O–H groups in total. The number of halogens is 2. The van der Waals surface area contributed by atoms with Crippen LogP contribution in [-0.2, 0) is 11.3 Å². The summed E-state index contributed by atoms with van der Waals surface area (Å²) in [5.41, 5.74) is 5.62. The average molecular weight is 270 g/mol. The molecule has 18 heavy (non-hydrogen) atoms. The standard InChI is InChI=1S/C10H9ClFN5O/c11-7-2-1-6(3-8(7)12)15-9(18)4-17-5-14-10(13)16-17/h1-3,5H,4H2,(H2,13,16)(H,15,18). The van der Waals surface area contributed by atoms with Crippen LogP contribution in [-0.4, -0.2) is 20.7 Å². The number of nitrogens with two attached hydrogens (primary N) is 1. The Bertz CT molecular complexity index is 585. The number of nitrogens with one attached hydrogen (secondary N) is 1. The highest BCUT2D eigenvalue weighted by Crippen LogP contribution is 2.18. The van der Waals surface area contributed by atoms with E-state index < -0.39 is 5.82 Å². The highest BCUT2D eigenvalue weighted by molar-refractivity contribution is 6.30. The third kappa shape index (κ3) is 2.95. The first-order valence-corrected chi connectivity index (χ1v) is 5.32. The highest BCUT2D eigenvalue weighted by Gasteiger charge is 2.07. The molecule has 0 aliphatic heterocycles. The molecule has 0 radical (unpaired) electrons. The van der Waals surface area contributed by atoms with E-state index in [9.17, 15) is 9.18 Å². The second-order valence-electron chi connectivity index (χ2n) is 3.48. The minimum absolute atomic E-state index is 0.00273. The summed E-state index contributed by atoms with van der Waals surface area (Å²) in [4.78, 5) is 15.3. The van der Waals surface area contributed by atoms with Crippen LogP contribution >= 0.6 is 11.6 Å². The van der Waals surface area contributed by atoms with Crippen LogP contribution in [0.25, 0.3) is 0 Å². The van der Waals surface area contributed by atoms with E-state index in [0.717, 1.165) is 6.07 Å². The Kier molecular flexibility index (Phi) is 3.42. The van der Waals surface area contributed by atoms with Crippen LogP contribution in [0.3, 0.4) is 0 Å². The molecule has 0 fully saturated rings. The van der Waals surface area contributed by atoms with Gasteiger partial charge < -0.3 is 11.1 Å². The Morgan fingerprint density at radius 2 is 2.33 bits per heavy atom. The van der Waals surface area contributed by atoms with Crippen molar-refractivity contribution in [3.05, 3.63) is 35.4 Å². The molecule has 0 saturated heterocycles. The summed E-state index contributed by atoms with van der Waals surface area (Å²) in [5.74, 6) is -0.888. The number of hydrogen-bond acceptors (Lipinski definition) is 4. The van der Waals surface area contributed by atoms with Gasteiger partial charge in [-0.2, -0.15) is 0 Å². The van der Waals surface area contributed by atoms with Gasteiger partial charge in [0.05, 0.1) is 5.02 Å². The van der Waals surface area contributed by atoms with Gasteiger partial charge in [-0.1, -0.05) is 11.6 Å². The maximum absolute atomic E-state index is 13.1. The van der Waals surface area contributed by atoms with Crippen LogP contribution in [0.5, 0.6) is 0 Å². The number of aromatic nitrogens is 3. The molecule has 1 aromatic heterocycles. The van der Waals surface area contributed by atoms with Crippen molar-refractivity contribution in [2.45, 2.75) is 6.54 Å². The molecule has 8 heteroatoms. The van der Waals surface area contributed by atoms with E-state index in [1.165, 1.54) is 23.1 Å². The lowest BCUT2D eigenvalue weighted by molar-refractivity contribution is -0.116. The van der Waals surface area contributed by atoms with E-state index >= 15 is 0 Å². The van der Waals surface area contributed by atoms with Gasteiger partial charge in [0, 0.05) is 5.69 Å². The molecule has 0 spiro atoms. The third-order valence-electron chi connectivity index (χ3n) is 2.06. The summed E-state index contributed by atoms with van der Waals surface area (Å²) >= 11 is 5.53. The highest BCUT2D eigenvalue weighted by atomic mass is 35.5. The van der Waals surface area contributed by atoms with Crippen molar-refractivity contribution in [3.8, 4) is 0 Å². The molecule has 0 aliphatic rings. The zero-order valence-electron chi connectivity index (χ0n) is 9.10. The number of nitrogen functional groups attached to an aromatic ring is 1. The van der Waals surface area contributed by atoms with Gasteiger partial charge in [0.2, 0.25) is 11.9 Å². The summed E-state index contributed by atoms with van der Waals surface area (Å²) in [7, 11) is 0. The van der Waals surface area contributed by atoms with E-state index in [2.05, 4.69) is 15.4 Å². The van der Waals surface area contributed by atoms with E-state index in [0.29, 0.717) is 5.69 Å². The Hall–Kier alpha value is -2.15. The van der Waals surface area contributed by atoms with Crippen LogP contribution in [0.4, 0.5) is 16.0 Å². The molecule has 0 unspecified atom stereocenters. The van der Waals surface area contributed by atoms with Crippen molar-refractivity contribution in [3.63, 3.8) is 0 Å². The molecule has 1 aromatic carbocycles. The Morgan fingerprint density at radius 1 is 1.56 bits per heavy atom. The first-order chi connectivity index (χ1) is 8.54. The Balaban J connectivity index is 2.00. The summed E-state index contributed by atoms with van der Waals surface area (Å²) in [6, 6.07) is 3.99. The van der Waals surface area contributed by atoms with Crippen LogP contribution in [0.2, 0.25) is 5.02 Å². The number of carbonyl (C=O) groups excluding carboxylic acids is 1. The normalized spacial score (nSPS) is 10.3. The summed E-state index contributed by atoms with van der Waals surface area (Å²) in [6.45, 7) is -0.0611. The van der Waals surface area contributed by atoms with Gasteiger partial charge in [0.1, 0.15) is 18.7 Å². The lowest BCUT2D eigenvalue weighted by Gasteiger charge is -2.05. The summed E-state index contributed by atoms with van der Waals surface area (Å²) < 4.78 is 14.4. The van der Waals surface area contributed by atoms with E-state index in [-0.39, 0.29) is 23.4 Å². The first-order valence-electron chi connectivity index (χ1n) is 4.94. The molecule has 94 valence electrons. The van der Waals surface area contributed by atoms with Gasteiger partial charge in [-0.25, -0.2) is 14.1 Å². The number of rotatable bonds is 3. The van der Waals surface area contributed by atoms with Gasteiger partial charge in [0.25, 0.3) is 0 Å².